The monoisotopic (exact) mass is 333 g/mol. The molecule has 0 saturated carbocycles. The predicted molar refractivity (Wildman–Crippen MR) is 78.5 cm³/mol. The van der Waals surface area contributed by atoms with Gasteiger partial charge in [-0.15, -0.1) is 0 Å². The van der Waals surface area contributed by atoms with E-state index < -0.39 is 21.6 Å². The molecule has 0 aromatic heterocycles. The first-order chi connectivity index (χ1) is 9.69. The molecule has 0 bridgehead atoms. The zero-order chi connectivity index (χ0) is 16.2. The van der Waals surface area contributed by atoms with Crippen LogP contribution < -0.4 is 5.32 Å². The number of halogens is 1. The van der Waals surface area contributed by atoms with Crippen molar-refractivity contribution in [2.45, 2.75) is 25.2 Å². The number of hydrogen-bond donors (Lipinski definition) is 2. The van der Waals surface area contributed by atoms with Gasteiger partial charge >= 0.3 is 5.97 Å². The fourth-order valence-corrected chi connectivity index (χ4v) is 3.66. The van der Waals surface area contributed by atoms with Gasteiger partial charge in [0.05, 0.1) is 16.2 Å². The molecule has 0 aliphatic heterocycles. The van der Waals surface area contributed by atoms with E-state index in [1.807, 2.05) is 0 Å². The molecule has 6 nitrogen and oxygen atoms in total. The zero-order valence-electron chi connectivity index (χ0n) is 11.6. The third kappa shape index (κ3) is 4.44. The molecule has 0 spiro atoms. The van der Waals surface area contributed by atoms with Gasteiger partial charge in [0, 0.05) is 18.0 Å². The molecule has 116 valence electrons. The lowest BCUT2D eigenvalue weighted by Crippen LogP contribution is -2.25. The molecule has 0 fully saturated rings. The highest BCUT2D eigenvalue weighted by Crippen LogP contribution is 2.25. The van der Waals surface area contributed by atoms with E-state index in [0.29, 0.717) is 6.54 Å². The molecule has 0 aliphatic rings. The van der Waals surface area contributed by atoms with Crippen LogP contribution in [0.5, 0.6) is 0 Å². The van der Waals surface area contributed by atoms with Gasteiger partial charge in [-0.3, -0.25) is 4.79 Å². The third-order valence-corrected chi connectivity index (χ3v) is 4.92. The lowest BCUT2D eigenvalue weighted by atomic mass is 10.1. The van der Waals surface area contributed by atoms with E-state index in [1.54, 1.807) is 6.92 Å². The van der Waals surface area contributed by atoms with Crippen LogP contribution in [0.15, 0.2) is 17.0 Å². The van der Waals surface area contributed by atoms with Crippen molar-refractivity contribution in [2.75, 3.05) is 12.3 Å². The Bertz CT molecular complexity index is 669. The quantitative estimate of drug-likeness (QED) is 0.824. The number of amides is 1. The number of carbonyl (C=O) groups excluding carboxylic acids is 1. The second kappa shape index (κ2) is 6.91. The second-order valence-electron chi connectivity index (χ2n) is 4.40. The van der Waals surface area contributed by atoms with E-state index >= 15 is 0 Å². The number of hydrogen-bond acceptors (Lipinski definition) is 4. The van der Waals surface area contributed by atoms with Crippen LogP contribution in [0.4, 0.5) is 0 Å². The number of aromatic carboxylic acids is 1. The largest absolute Gasteiger partial charge is 0.478 e. The van der Waals surface area contributed by atoms with Crippen LogP contribution >= 0.6 is 11.6 Å². The molecule has 0 unspecified atom stereocenters. The summed E-state index contributed by atoms with van der Waals surface area (Å²) in [7, 11) is -3.79. The Hall–Kier alpha value is -1.60. The Morgan fingerprint density at radius 2 is 1.95 bits per heavy atom. The van der Waals surface area contributed by atoms with E-state index in [1.165, 1.54) is 19.1 Å². The highest BCUT2D eigenvalue weighted by molar-refractivity contribution is 7.91. The predicted octanol–water partition coefficient (Wildman–Crippen LogP) is 1.65. The molecule has 0 heterocycles. The number of nitrogens with one attached hydrogen (secondary N) is 1. The first-order valence-corrected chi connectivity index (χ1v) is 8.25. The maximum Gasteiger partial charge on any atom is 0.336 e. The average Bonchev–Trinajstić information content (AvgIpc) is 2.39. The Morgan fingerprint density at radius 3 is 2.48 bits per heavy atom. The van der Waals surface area contributed by atoms with E-state index in [0.717, 1.165) is 0 Å². The summed E-state index contributed by atoms with van der Waals surface area (Å²) in [4.78, 5) is 22.3. The molecule has 2 N–H and O–H groups in total. The molecule has 8 heteroatoms. The van der Waals surface area contributed by atoms with Crippen LogP contribution in [-0.4, -0.2) is 37.7 Å². The lowest BCUT2D eigenvalue weighted by molar-refractivity contribution is -0.120. The first kappa shape index (κ1) is 17.5. The second-order valence-corrected chi connectivity index (χ2v) is 6.92. The fourth-order valence-electron chi connectivity index (χ4n) is 1.82. The van der Waals surface area contributed by atoms with Crippen molar-refractivity contribution in [3.63, 3.8) is 0 Å². The smallest absolute Gasteiger partial charge is 0.336 e. The molecule has 0 saturated heterocycles. The summed E-state index contributed by atoms with van der Waals surface area (Å²) in [5.41, 5.74) is -0.0538. The molecule has 1 aromatic carbocycles. The van der Waals surface area contributed by atoms with Gasteiger partial charge in [0.1, 0.15) is 0 Å². The van der Waals surface area contributed by atoms with Crippen LogP contribution in [0.1, 0.15) is 29.3 Å². The summed E-state index contributed by atoms with van der Waals surface area (Å²) in [5, 5.41) is 11.6. The van der Waals surface area contributed by atoms with Crippen molar-refractivity contribution in [3.05, 3.63) is 28.3 Å². The highest BCUT2D eigenvalue weighted by Gasteiger charge is 2.23. The van der Waals surface area contributed by atoms with Crippen LogP contribution in [-0.2, 0) is 14.6 Å². The number of carboxylic acids is 1. The molecule has 0 radical (unpaired) electrons. The molecule has 1 aromatic rings. The van der Waals surface area contributed by atoms with Gasteiger partial charge in [0.2, 0.25) is 5.91 Å². The molecule has 1 rings (SSSR count). The first-order valence-electron chi connectivity index (χ1n) is 6.22. The lowest BCUT2D eigenvalue weighted by Gasteiger charge is -2.11. The number of sulfone groups is 1. The molecule has 0 atom stereocenters. The van der Waals surface area contributed by atoms with Gasteiger partial charge in [0.15, 0.2) is 9.84 Å². The van der Waals surface area contributed by atoms with Crippen molar-refractivity contribution in [1.29, 1.82) is 0 Å². The summed E-state index contributed by atoms with van der Waals surface area (Å²) >= 11 is 5.78. The van der Waals surface area contributed by atoms with Crippen LogP contribution in [0, 0.1) is 6.92 Å². The fraction of sp³-hybridized carbons (Fsp3) is 0.385. The minimum atomic E-state index is -3.79. The SMILES string of the molecule is CCNC(=O)CCS(=O)(=O)c1cc(Cl)cc(C(=O)O)c1C. The van der Waals surface area contributed by atoms with E-state index in [-0.39, 0.29) is 33.4 Å². The van der Waals surface area contributed by atoms with Crippen molar-refractivity contribution in [1.82, 2.24) is 5.32 Å². The highest BCUT2D eigenvalue weighted by atomic mass is 35.5. The van der Waals surface area contributed by atoms with Gasteiger partial charge < -0.3 is 10.4 Å². The molecule has 21 heavy (non-hydrogen) atoms. The number of carboxylic acid groups (broad SMARTS) is 1. The number of benzene rings is 1. The molecular formula is C13H16ClNO5S. The van der Waals surface area contributed by atoms with E-state index in [2.05, 4.69) is 5.32 Å². The minimum Gasteiger partial charge on any atom is -0.478 e. The Labute approximate surface area is 128 Å². The van der Waals surface area contributed by atoms with Crippen molar-refractivity contribution in [2.24, 2.45) is 0 Å². The summed E-state index contributed by atoms with van der Waals surface area (Å²) in [6, 6.07) is 2.40. The molecular weight excluding hydrogens is 318 g/mol. The van der Waals surface area contributed by atoms with E-state index in [4.69, 9.17) is 16.7 Å². The maximum absolute atomic E-state index is 12.3. The Kier molecular flexibility index (Phi) is 5.74. The normalized spacial score (nSPS) is 11.2. The number of carbonyl (C=O) groups is 2. The van der Waals surface area contributed by atoms with Crippen molar-refractivity contribution in [3.8, 4) is 0 Å². The van der Waals surface area contributed by atoms with Gasteiger partial charge in [-0.05, 0) is 31.5 Å². The van der Waals surface area contributed by atoms with Gasteiger partial charge in [-0.25, -0.2) is 13.2 Å². The summed E-state index contributed by atoms with van der Waals surface area (Å²) < 4.78 is 24.5. The summed E-state index contributed by atoms with van der Waals surface area (Å²) in [5.74, 6) is -2.03. The average molecular weight is 334 g/mol. The third-order valence-electron chi connectivity index (χ3n) is 2.86. The topological polar surface area (TPSA) is 101 Å². The van der Waals surface area contributed by atoms with Gasteiger partial charge in [-0.2, -0.15) is 0 Å². The zero-order valence-corrected chi connectivity index (χ0v) is 13.2. The van der Waals surface area contributed by atoms with Crippen molar-refractivity contribution < 1.29 is 23.1 Å². The summed E-state index contributed by atoms with van der Waals surface area (Å²) in [6.07, 6.45) is -0.190. The summed E-state index contributed by atoms with van der Waals surface area (Å²) in [6.45, 7) is 3.55. The van der Waals surface area contributed by atoms with Crippen molar-refractivity contribution >= 4 is 33.3 Å². The van der Waals surface area contributed by atoms with Crippen LogP contribution in [0.25, 0.3) is 0 Å². The molecule has 0 aliphatic carbocycles. The van der Waals surface area contributed by atoms with Gasteiger partial charge in [-0.1, -0.05) is 11.6 Å². The minimum absolute atomic E-state index is 0.0228. The van der Waals surface area contributed by atoms with Crippen LogP contribution in [0.3, 0.4) is 0 Å². The van der Waals surface area contributed by atoms with Crippen LogP contribution in [0.2, 0.25) is 5.02 Å². The molecule has 1 amide bonds. The van der Waals surface area contributed by atoms with Gasteiger partial charge in [0.25, 0.3) is 0 Å². The number of rotatable bonds is 6. The van der Waals surface area contributed by atoms with E-state index in [9.17, 15) is 18.0 Å². The maximum atomic E-state index is 12.3. The standard InChI is InChI=1S/C13H16ClNO5S/c1-3-15-12(16)4-5-21(19,20)11-7-9(14)6-10(8(11)2)13(17)18/h6-7H,3-5H2,1-2H3,(H,15,16)(H,17,18). The Morgan fingerprint density at radius 1 is 1.33 bits per heavy atom. The Balaban J connectivity index is 3.14.